The minimum Gasteiger partial charge on any atom is -0.273 e. The lowest BCUT2D eigenvalue weighted by Gasteiger charge is -1.99. The van der Waals surface area contributed by atoms with E-state index in [0.29, 0.717) is 6.42 Å². The number of benzene rings is 1. The van der Waals surface area contributed by atoms with Crippen molar-refractivity contribution in [1.29, 1.82) is 0 Å². The molecule has 17 heavy (non-hydrogen) atoms. The van der Waals surface area contributed by atoms with Crippen LogP contribution in [0.25, 0.3) is 0 Å². The average Bonchev–Trinajstić information content (AvgIpc) is 2.32. The first-order chi connectivity index (χ1) is 8.24. The van der Waals surface area contributed by atoms with Crippen molar-refractivity contribution in [3.8, 4) is 0 Å². The lowest BCUT2D eigenvalue weighted by molar-refractivity contribution is -0.121. The molecule has 1 aromatic rings. The molecule has 0 spiro atoms. The van der Waals surface area contributed by atoms with Crippen LogP contribution < -0.4 is 5.43 Å². The van der Waals surface area contributed by atoms with Gasteiger partial charge in [-0.15, -0.1) is 0 Å². The Kier molecular flexibility index (Phi) is 6.84. The Morgan fingerprint density at radius 2 is 2.18 bits per heavy atom. The monoisotopic (exact) mass is 344 g/mol. The molecule has 0 unspecified atom stereocenters. The zero-order valence-electron chi connectivity index (χ0n) is 9.95. The predicted molar refractivity (Wildman–Crippen MR) is 79.0 cm³/mol. The summed E-state index contributed by atoms with van der Waals surface area (Å²) < 4.78 is 1.12. The Morgan fingerprint density at radius 1 is 1.41 bits per heavy atom. The highest BCUT2D eigenvalue weighted by molar-refractivity contribution is 14.1. The fraction of sp³-hybridized carbons (Fsp3) is 0.385. The van der Waals surface area contributed by atoms with Crippen molar-refractivity contribution in [2.45, 2.75) is 32.6 Å². The van der Waals surface area contributed by atoms with Gasteiger partial charge >= 0.3 is 0 Å². The summed E-state index contributed by atoms with van der Waals surface area (Å²) in [5, 5.41) is 3.95. The molecule has 0 atom stereocenters. The SMILES string of the molecule is CCCCCC(=O)NN=Cc1ccccc1I. The summed E-state index contributed by atoms with van der Waals surface area (Å²) >= 11 is 2.24. The van der Waals surface area contributed by atoms with Crippen LogP contribution in [0, 0.1) is 3.57 Å². The van der Waals surface area contributed by atoms with Crippen molar-refractivity contribution < 1.29 is 4.79 Å². The van der Waals surface area contributed by atoms with E-state index in [0.717, 1.165) is 28.4 Å². The third-order valence-electron chi connectivity index (χ3n) is 2.31. The molecule has 0 aliphatic heterocycles. The molecule has 0 aliphatic rings. The standard InChI is InChI=1S/C13H17IN2O/c1-2-3-4-9-13(17)16-15-10-11-7-5-6-8-12(11)14/h5-8,10H,2-4,9H2,1H3,(H,16,17). The zero-order valence-corrected chi connectivity index (χ0v) is 12.1. The Morgan fingerprint density at radius 3 is 2.88 bits per heavy atom. The number of nitrogens with zero attached hydrogens (tertiary/aromatic N) is 1. The van der Waals surface area contributed by atoms with Crippen LogP contribution in [-0.4, -0.2) is 12.1 Å². The molecule has 4 heteroatoms. The van der Waals surface area contributed by atoms with E-state index in [-0.39, 0.29) is 5.91 Å². The Balaban J connectivity index is 2.35. The van der Waals surface area contributed by atoms with Gasteiger partial charge in [-0.1, -0.05) is 38.0 Å². The average molecular weight is 344 g/mol. The summed E-state index contributed by atoms with van der Waals surface area (Å²) in [6.45, 7) is 2.12. The quantitative estimate of drug-likeness (QED) is 0.366. The third-order valence-corrected chi connectivity index (χ3v) is 3.29. The summed E-state index contributed by atoms with van der Waals surface area (Å²) in [6.07, 6.45) is 5.38. The molecule has 0 radical (unpaired) electrons. The largest absolute Gasteiger partial charge is 0.273 e. The highest BCUT2D eigenvalue weighted by Gasteiger charge is 1.98. The summed E-state index contributed by atoms with van der Waals surface area (Å²) in [7, 11) is 0. The van der Waals surface area contributed by atoms with Crippen molar-refractivity contribution in [3.63, 3.8) is 0 Å². The van der Waals surface area contributed by atoms with Gasteiger partial charge in [0.15, 0.2) is 0 Å². The normalized spacial score (nSPS) is 10.7. The Labute approximate surface area is 116 Å². The Hall–Kier alpha value is -0.910. The van der Waals surface area contributed by atoms with Crippen molar-refractivity contribution in [3.05, 3.63) is 33.4 Å². The molecular formula is C13H17IN2O. The number of amides is 1. The number of hydrazone groups is 1. The second kappa shape index (κ2) is 8.22. The molecule has 0 fully saturated rings. The predicted octanol–water partition coefficient (Wildman–Crippen LogP) is 3.32. The Bertz CT molecular complexity index is 391. The number of carbonyl (C=O) groups excluding carboxylic acids is 1. The van der Waals surface area contributed by atoms with Crippen LogP contribution in [0.15, 0.2) is 29.4 Å². The minimum atomic E-state index is -0.0133. The van der Waals surface area contributed by atoms with Gasteiger partial charge in [-0.2, -0.15) is 5.10 Å². The van der Waals surface area contributed by atoms with E-state index in [9.17, 15) is 4.79 Å². The minimum absolute atomic E-state index is 0.0133. The highest BCUT2D eigenvalue weighted by atomic mass is 127. The van der Waals surface area contributed by atoms with Crippen LogP contribution >= 0.6 is 22.6 Å². The third kappa shape index (κ3) is 5.81. The first-order valence-corrected chi connectivity index (χ1v) is 6.88. The molecular weight excluding hydrogens is 327 g/mol. The van der Waals surface area contributed by atoms with Gasteiger partial charge < -0.3 is 0 Å². The van der Waals surface area contributed by atoms with Crippen LogP contribution in [0.3, 0.4) is 0 Å². The first-order valence-electron chi connectivity index (χ1n) is 5.80. The molecule has 1 amide bonds. The van der Waals surface area contributed by atoms with Crippen molar-refractivity contribution in [2.75, 3.05) is 0 Å². The fourth-order valence-corrected chi connectivity index (χ4v) is 1.87. The summed E-state index contributed by atoms with van der Waals surface area (Å²) in [6, 6.07) is 7.90. The summed E-state index contributed by atoms with van der Waals surface area (Å²) in [5.74, 6) is -0.0133. The second-order valence-corrected chi connectivity index (χ2v) is 4.93. The topological polar surface area (TPSA) is 41.5 Å². The first kappa shape index (κ1) is 14.2. The smallest absolute Gasteiger partial charge is 0.240 e. The highest BCUT2D eigenvalue weighted by Crippen LogP contribution is 2.08. The molecule has 92 valence electrons. The van der Waals surface area contributed by atoms with Crippen LogP contribution in [0.5, 0.6) is 0 Å². The number of rotatable bonds is 6. The molecule has 0 aromatic heterocycles. The second-order valence-electron chi connectivity index (χ2n) is 3.77. The van der Waals surface area contributed by atoms with Gasteiger partial charge in [-0.3, -0.25) is 4.79 Å². The molecule has 1 N–H and O–H groups in total. The summed E-state index contributed by atoms with van der Waals surface area (Å²) in [4.78, 5) is 11.4. The van der Waals surface area contributed by atoms with Crippen molar-refractivity contribution in [1.82, 2.24) is 5.43 Å². The maximum atomic E-state index is 11.4. The molecule has 0 aliphatic carbocycles. The van der Waals surface area contributed by atoms with E-state index in [1.54, 1.807) is 6.21 Å². The zero-order chi connectivity index (χ0) is 12.5. The summed E-state index contributed by atoms with van der Waals surface area (Å²) in [5.41, 5.74) is 3.56. The number of unbranched alkanes of at least 4 members (excludes halogenated alkanes) is 2. The van der Waals surface area contributed by atoms with Gasteiger partial charge in [-0.05, 0) is 35.1 Å². The molecule has 1 rings (SSSR count). The van der Waals surface area contributed by atoms with Crippen LogP contribution in [-0.2, 0) is 4.79 Å². The maximum Gasteiger partial charge on any atom is 0.240 e. The molecule has 0 saturated heterocycles. The van der Waals surface area contributed by atoms with Gasteiger partial charge in [0, 0.05) is 15.6 Å². The van der Waals surface area contributed by atoms with E-state index in [1.165, 1.54) is 0 Å². The van der Waals surface area contributed by atoms with Gasteiger partial charge in [-0.25, -0.2) is 5.43 Å². The van der Waals surface area contributed by atoms with E-state index < -0.39 is 0 Å². The molecule has 1 aromatic carbocycles. The van der Waals surface area contributed by atoms with E-state index in [2.05, 4.69) is 40.0 Å². The number of carbonyl (C=O) groups is 1. The van der Waals surface area contributed by atoms with Crippen LogP contribution in [0.1, 0.15) is 38.2 Å². The molecule has 3 nitrogen and oxygen atoms in total. The lowest BCUT2D eigenvalue weighted by Crippen LogP contribution is -2.16. The van der Waals surface area contributed by atoms with Crippen LogP contribution in [0.4, 0.5) is 0 Å². The van der Waals surface area contributed by atoms with Gasteiger partial charge in [0.25, 0.3) is 0 Å². The van der Waals surface area contributed by atoms with Crippen LogP contribution in [0.2, 0.25) is 0 Å². The van der Waals surface area contributed by atoms with Gasteiger partial charge in [0.05, 0.1) is 6.21 Å². The lowest BCUT2D eigenvalue weighted by atomic mass is 10.2. The van der Waals surface area contributed by atoms with Gasteiger partial charge in [0.2, 0.25) is 5.91 Å². The number of halogens is 1. The maximum absolute atomic E-state index is 11.4. The van der Waals surface area contributed by atoms with E-state index >= 15 is 0 Å². The molecule has 0 saturated carbocycles. The van der Waals surface area contributed by atoms with E-state index in [1.807, 2.05) is 24.3 Å². The van der Waals surface area contributed by atoms with Crippen molar-refractivity contribution in [2.24, 2.45) is 5.10 Å². The van der Waals surface area contributed by atoms with E-state index in [4.69, 9.17) is 0 Å². The number of hydrogen-bond donors (Lipinski definition) is 1. The number of hydrogen-bond acceptors (Lipinski definition) is 2. The molecule has 0 bridgehead atoms. The molecule has 0 heterocycles. The number of nitrogens with one attached hydrogen (secondary N) is 1. The fourth-order valence-electron chi connectivity index (χ4n) is 1.35. The van der Waals surface area contributed by atoms with Crippen molar-refractivity contribution >= 4 is 34.7 Å². The van der Waals surface area contributed by atoms with Gasteiger partial charge in [0.1, 0.15) is 0 Å².